The van der Waals surface area contributed by atoms with E-state index in [9.17, 15) is 0 Å². The first kappa shape index (κ1) is 14.9. The summed E-state index contributed by atoms with van der Waals surface area (Å²) in [7, 11) is 0. The molecule has 0 unspecified atom stereocenters. The Hall–Kier alpha value is -0.160. The average molecular weight is 243 g/mol. The summed E-state index contributed by atoms with van der Waals surface area (Å²) >= 11 is 0. The van der Waals surface area contributed by atoms with Gasteiger partial charge in [0.2, 0.25) is 0 Å². The lowest BCUT2D eigenvalue weighted by Gasteiger charge is -2.34. The molecule has 1 aliphatic heterocycles. The zero-order valence-corrected chi connectivity index (χ0v) is 11.5. The van der Waals surface area contributed by atoms with Crippen molar-refractivity contribution in [3.8, 4) is 0 Å². The second-order valence-electron chi connectivity index (χ2n) is 5.29. The Bertz CT molecular complexity index is 180. The molecule has 2 N–H and O–H groups in total. The first-order valence-corrected chi connectivity index (χ1v) is 6.95. The van der Waals surface area contributed by atoms with Crippen LogP contribution in [-0.4, -0.2) is 68.8 Å². The Morgan fingerprint density at radius 2 is 1.65 bits per heavy atom. The van der Waals surface area contributed by atoms with Crippen molar-refractivity contribution >= 4 is 0 Å². The Balaban J connectivity index is 1.99. The van der Waals surface area contributed by atoms with Crippen LogP contribution in [0.3, 0.4) is 0 Å². The van der Waals surface area contributed by atoms with Crippen LogP contribution >= 0.6 is 0 Å². The van der Waals surface area contributed by atoms with Crippen molar-refractivity contribution in [2.24, 2.45) is 11.7 Å². The highest BCUT2D eigenvalue weighted by atomic mass is 16.5. The lowest BCUT2D eigenvalue weighted by atomic mass is 10.2. The Kier molecular flexibility index (Phi) is 7.77. The number of piperazine rings is 1. The monoisotopic (exact) mass is 243 g/mol. The molecule has 0 spiro atoms. The summed E-state index contributed by atoms with van der Waals surface area (Å²) < 4.78 is 5.62. The maximum Gasteiger partial charge on any atom is 0.0593 e. The Morgan fingerprint density at radius 3 is 2.18 bits per heavy atom. The molecule has 1 rings (SSSR count). The van der Waals surface area contributed by atoms with Crippen LogP contribution in [0.15, 0.2) is 0 Å². The third kappa shape index (κ3) is 6.99. The van der Waals surface area contributed by atoms with Crippen LogP contribution < -0.4 is 5.73 Å². The summed E-state index contributed by atoms with van der Waals surface area (Å²) in [6.07, 6.45) is 1.12. The highest BCUT2D eigenvalue weighted by Crippen LogP contribution is 2.02. The molecule has 0 bridgehead atoms. The fourth-order valence-electron chi connectivity index (χ4n) is 2.06. The number of rotatable bonds is 8. The van der Waals surface area contributed by atoms with Crippen molar-refractivity contribution < 1.29 is 4.74 Å². The smallest absolute Gasteiger partial charge is 0.0593 e. The van der Waals surface area contributed by atoms with Gasteiger partial charge in [-0.2, -0.15) is 0 Å². The number of hydrogen-bond donors (Lipinski definition) is 1. The van der Waals surface area contributed by atoms with E-state index in [2.05, 4.69) is 23.6 Å². The maximum atomic E-state index is 5.62. The van der Waals surface area contributed by atoms with Gasteiger partial charge in [0.1, 0.15) is 0 Å². The van der Waals surface area contributed by atoms with Gasteiger partial charge in [-0.15, -0.1) is 0 Å². The van der Waals surface area contributed by atoms with Gasteiger partial charge in [0, 0.05) is 39.3 Å². The molecule has 1 heterocycles. The highest BCUT2D eigenvalue weighted by Gasteiger charge is 2.15. The fourth-order valence-corrected chi connectivity index (χ4v) is 2.06. The third-order valence-electron chi connectivity index (χ3n) is 3.15. The van der Waals surface area contributed by atoms with Gasteiger partial charge >= 0.3 is 0 Å². The SMILES string of the molecule is CC(C)COCCN1CCN(CCCN)CC1. The fraction of sp³-hybridized carbons (Fsp3) is 1.00. The number of hydrogen-bond acceptors (Lipinski definition) is 4. The lowest BCUT2D eigenvalue weighted by molar-refractivity contribution is 0.0644. The summed E-state index contributed by atoms with van der Waals surface area (Å²) in [6, 6.07) is 0. The van der Waals surface area contributed by atoms with Gasteiger partial charge in [-0.05, 0) is 25.4 Å². The summed E-state index contributed by atoms with van der Waals surface area (Å²) in [5, 5.41) is 0. The number of nitrogens with zero attached hydrogens (tertiary/aromatic N) is 2. The molecule has 0 amide bonds. The van der Waals surface area contributed by atoms with E-state index in [1.165, 1.54) is 26.2 Å². The molecular weight excluding hydrogens is 214 g/mol. The van der Waals surface area contributed by atoms with Gasteiger partial charge in [-0.25, -0.2) is 0 Å². The van der Waals surface area contributed by atoms with Gasteiger partial charge in [0.15, 0.2) is 0 Å². The van der Waals surface area contributed by atoms with Crippen molar-refractivity contribution in [3.63, 3.8) is 0 Å². The van der Waals surface area contributed by atoms with E-state index in [-0.39, 0.29) is 0 Å². The maximum absolute atomic E-state index is 5.62. The summed E-state index contributed by atoms with van der Waals surface area (Å²) in [5.41, 5.74) is 5.52. The predicted molar refractivity (Wildman–Crippen MR) is 72.2 cm³/mol. The van der Waals surface area contributed by atoms with Crippen molar-refractivity contribution in [1.82, 2.24) is 9.80 Å². The van der Waals surface area contributed by atoms with Gasteiger partial charge in [-0.1, -0.05) is 13.8 Å². The zero-order valence-electron chi connectivity index (χ0n) is 11.5. The minimum Gasteiger partial charge on any atom is -0.380 e. The molecule has 0 atom stereocenters. The Labute approximate surface area is 106 Å². The van der Waals surface area contributed by atoms with Crippen molar-refractivity contribution in [3.05, 3.63) is 0 Å². The topological polar surface area (TPSA) is 41.7 Å². The Morgan fingerprint density at radius 1 is 1.06 bits per heavy atom. The second kappa shape index (κ2) is 8.86. The zero-order chi connectivity index (χ0) is 12.5. The van der Waals surface area contributed by atoms with Crippen LogP contribution in [0.5, 0.6) is 0 Å². The minimum absolute atomic E-state index is 0.642. The number of nitrogens with two attached hydrogens (primary N) is 1. The van der Waals surface area contributed by atoms with Gasteiger partial charge in [-0.3, -0.25) is 4.90 Å². The molecule has 0 aromatic carbocycles. The second-order valence-corrected chi connectivity index (χ2v) is 5.29. The van der Waals surface area contributed by atoms with E-state index in [1.807, 2.05) is 0 Å². The summed E-state index contributed by atoms with van der Waals surface area (Å²) in [5.74, 6) is 0.642. The van der Waals surface area contributed by atoms with E-state index in [4.69, 9.17) is 10.5 Å². The first-order valence-electron chi connectivity index (χ1n) is 6.95. The molecule has 0 aromatic rings. The molecule has 1 fully saturated rings. The highest BCUT2D eigenvalue weighted by molar-refractivity contribution is 4.71. The van der Waals surface area contributed by atoms with E-state index >= 15 is 0 Å². The third-order valence-corrected chi connectivity index (χ3v) is 3.15. The molecule has 17 heavy (non-hydrogen) atoms. The molecule has 0 saturated carbocycles. The molecule has 0 radical (unpaired) electrons. The van der Waals surface area contributed by atoms with Gasteiger partial charge in [0.05, 0.1) is 6.61 Å². The number of ether oxygens (including phenoxy) is 1. The van der Waals surface area contributed by atoms with E-state index < -0.39 is 0 Å². The van der Waals surface area contributed by atoms with Gasteiger partial charge < -0.3 is 15.4 Å². The van der Waals surface area contributed by atoms with E-state index in [0.29, 0.717) is 5.92 Å². The first-order chi connectivity index (χ1) is 8.22. The predicted octanol–water partition coefficient (Wildman–Crippen LogP) is 0.625. The van der Waals surface area contributed by atoms with Crippen LogP contribution in [0.2, 0.25) is 0 Å². The van der Waals surface area contributed by atoms with E-state index in [0.717, 1.165) is 39.3 Å². The molecule has 0 aromatic heterocycles. The van der Waals surface area contributed by atoms with E-state index in [1.54, 1.807) is 0 Å². The summed E-state index contributed by atoms with van der Waals surface area (Å²) in [6.45, 7) is 13.9. The molecule has 1 saturated heterocycles. The molecule has 1 aliphatic rings. The van der Waals surface area contributed by atoms with Crippen LogP contribution in [0.1, 0.15) is 20.3 Å². The molecular formula is C13H29N3O. The normalized spacial score (nSPS) is 19.1. The molecule has 4 heteroatoms. The van der Waals surface area contributed by atoms with Crippen LogP contribution in [0, 0.1) is 5.92 Å². The van der Waals surface area contributed by atoms with Gasteiger partial charge in [0.25, 0.3) is 0 Å². The van der Waals surface area contributed by atoms with Crippen LogP contribution in [0.25, 0.3) is 0 Å². The van der Waals surface area contributed by atoms with Crippen molar-refractivity contribution in [2.45, 2.75) is 20.3 Å². The average Bonchev–Trinajstić information content (AvgIpc) is 2.33. The van der Waals surface area contributed by atoms with Crippen LogP contribution in [-0.2, 0) is 4.74 Å². The van der Waals surface area contributed by atoms with Crippen molar-refractivity contribution in [1.29, 1.82) is 0 Å². The quantitative estimate of drug-likeness (QED) is 0.635. The van der Waals surface area contributed by atoms with Crippen molar-refractivity contribution in [2.75, 3.05) is 59.0 Å². The summed E-state index contributed by atoms with van der Waals surface area (Å²) in [4.78, 5) is 5.01. The molecule has 102 valence electrons. The standard InChI is InChI=1S/C13H29N3O/c1-13(2)12-17-11-10-16-8-6-15(7-9-16)5-3-4-14/h13H,3-12,14H2,1-2H3. The van der Waals surface area contributed by atoms with Crippen LogP contribution in [0.4, 0.5) is 0 Å². The molecule has 4 nitrogen and oxygen atoms in total. The molecule has 0 aliphatic carbocycles. The minimum atomic E-state index is 0.642. The largest absolute Gasteiger partial charge is 0.380 e. The lowest BCUT2D eigenvalue weighted by Crippen LogP contribution is -2.47.